The highest BCUT2D eigenvalue weighted by atomic mass is 35.5. The Kier molecular flexibility index (Phi) is 5.55. The average molecular weight is 546 g/mol. The number of anilines is 1. The average Bonchev–Trinajstić information content (AvgIpc) is 3.43. The molecule has 0 unspecified atom stereocenters. The van der Waals surface area contributed by atoms with Crippen molar-refractivity contribution >= 4 is 40.7 Å². The van der Waals surface area contributed by atoms with Gasteiger partial charge in [0.1, 0.15) is 17.2 Å². The van der Waals surface area contributed by atoms with Gasteiger partial charge < -0.3 is 9.64 Å². The fourth-order valence-corrected chi connectivity index (χ4v) is 7.15. The van der Waals surface area contributed by atoms with E-state index in [2.05, 4.69) is 0 Å². The first-order chi connectivity index (χ1) is 19.5. The number of ketones is 3. The second-order valence-corrected chi connectivity index (χ2v) is 10.8. The van der Waals surface area contributed by atoms with Crippen LogP contribution in [0.3, 0.4) is 0 Å². The number of para-hydroxylation sites is 1. The Morgan fingerprint density at radius 1 is 0.825 bits per heavy atom. The van der Waals surface area contributed by atoms with Crippen LogP contribution in [0.2, 0.25) is 5.02 Å². The van der Waals surface area contributed by atoms with Gasteiger partial charge in [-0.15, -0.1) is 0 Å². The quantitative estimate of drug-likeness (QED) is 0.212. The molecule has 1 spiro atoms. The maximum absolute atomic E-state index is 14.7. The largest absolute Gasteiger partial charge is 0.497 e. The highest BCUT2D eigenvalue weighted by Crippen LogP contribution is 2.61. The second-order valence-electron chi connectivity index (χ2n) is 10.4. The third-order valence-electron chi connectivity index (χ3n) is 8.60. The Hall–Kier alpha value is -4.48. The summed E-state index contributed by atoms with van der Waals surface area (Å²) in [6, 6.07) is 27.4. The van der Waals surface area contributed by atoms with Gasteiger partial charge in [-0.2, -0.15) is 0 Å². The van der Waals surface area contributed by atoms with Crippen molar-refractivity contribution in [2.24, 2.45) is 5.41 Å². The summed E-state index contributed by atoms with van der Waals surface area (Å²) in [5.41, 5.74) is 2.01. The number of benzene rings is 4. The standard InChI is InChI=1S/C34H24ClNO4/c1-40-22-17-14-21(15-18-22)29-30(31(37)25-11-5-6-12-26(25)35)36-27-13-7-2-8-20(27)16-19-28(36)34(29)32(38)23-9-3-4-10-24(23)33(34)39/h2-19,28-30H,1H3/t28-,29-,30+/m1/s1. The zero-order valence-electron chi connectivity index (χ0n) is 21.6. The van der Waals surface area contributed by atoms with Gasteiger partial charge >= 0.3 is 0 Å². The van der Waals surface area contributed by atoms with Crippen LogP contribution in [0.15, 0.2) is 103 Å². The summed E-state index contributed by atoms with van der Waals surface area (Å²) >= 11 is 6.58. The van der Waals surface area contributed by atoms with Crippen molar-refractivity contribution in [3.63, 3.8) is 0 Å². The van der Waals surface area contributed by atoms with Gasteiger partial charge in [0, 0.05) is 28.3 Å². The number of halogens is 1. The van der Waals surface area contributed by atoms with Crippen LogP contribution in [0.1, 0.15) is 48.1 Å². The van der Waals surface area contributed by atoms with E-state index in [9.17, 15) is 14.4 Å². The Morgan fingerprint density at radius 3 is 2.12 bits per heavy atom. The van der Waals surface area contributed by atoms with Gasteiger partial charge in [-0.05, 0) is 41.5 Å². The third kappa shape index (κ3) is 3.18. The molecule has 5 nitrogen and oxygen atoms in total. The molecule has 1 aliphatic carbocycles. The zero-order valence-corrected chi connectivity index (χ0v) is 22.3. The molecule has 0 amide bonds. The lowest BCUT2D eigenvalue weighted by atomic mass is 9.64. The van der Waals surface area contributed by atoms with Crippen LogP contribution < -0.4 is 9.64 Å². The number of ether oxygens (including phenoxy) is 1. The van der Waals surface area contributed by atoms with Crippen LogP contribution in [-0.2, 0) is 0 Å². The van der Waals surface area contributed by atoms with E-state index in [0.717, 1.165) is 11.3 Å². The van der Waals surface area contributed by atoms with Crippen molar-refractivity contribution < 1.29 is 19.1 Å². The van der Waals surface area contributed by atoms with Crippen molar-refractivity contribution in [1.29, 1.82) is 0 Å². The Bertz CT molecular complexity index is 1710. The number of methoxy groups -OCH3 is 1. The van der Waals surface area contributed by atoms with E-state index in [-0.39, 0.29) is 17.3 Å². The van der Waals surface area contributed by atoms with Crippen LogP contribution in [0, 0.1) is 5.41 Å². The molecule has 1 saturated heterocycles. The molecule has 2 aliphatic heterocycles. The first kappa shape index (κ1) is 24.6. The fraction of sp³-hybridized carbons (Fsp3) is 0.147. The molecule has 0 N–H and O–H groups in total. The number of carbonyl (C=O) groups is 3. The van der Waals surface area contributed by atoms with Crippen molar-refractivity contribution in [3.05, 3.63) is 136 Å². The highest BCUT2D eigenvalue weighted by Gasteiger charge is 2.71. The molecule has 0 saturated carbocycles. The van der Waals surface area contributed by atoms with E-state index in [4.69, 9.17) is 16.3 Å². The monoisotopic (exact) mass is 545 g/mol. The molecular weight excluding hydrogens is 522 g/mol. The molecule has 0 bridgehead atoms. The number of rotatable bonds is 4. The SMILES string of the molecule is COc1ccc([C@@H]2[C@@H](C(=O)c3ccccc3Cl)N3c4ccccc4C=C[C@@H]3C23C(=O)c2ccccc2C3=O)cc1. The van der Waals surface area contributed by atoms with Crippen molar-refractivity contribution in [2.75, 3.05) is 12.0 Å². The smallest absolute Gasteiger partial charge is 0.187 e. The molecule has 3 aliphatic rings. The number of hydrogen-bond acceptors (Lipinski definition) is 5. The molecule has 0 aromatic heterocycles. The lowest BCUT2D eigenvalue weighted by molar-refractivity contribution is 0.0666. The van der Waals surface area contributed by atoms with Gasteiger partial charge in [0.05, 0.1) is 18.2 Å². The summed E-state index contributed by atoms with van der Waals surface area (Å²) in [7, 11) is 1.58. The number of fused-ring (bicyclic) bond motifs is 5. The van der Waals surface area contributed by atoms with E-state index in [1.807, 2.05) is 53.5 Å². The number of carbonyl (C=O) groups excluding carboxylic acids is 3. The van der Waals surface area contributed by atoms with Crippen LogP contribution in [0.25, 0.3) is 6.08 Å². The van der Waals surface area contributed by atoms with Gasteiger partial charge in [0.2, 0.25) is 0 Å². The summed E-state index contributed by atoms with van der Waals surface area (Å²) in [6.45, 7) is 0. The summed E-state index contributed by atoms with van der Waals surface area (Å²) in [5, 5.41) is 0.326. The number of hydrogen-bond donors (Lipinski definition) is 0. The predicted molar refractivity (Wildman–Crippen MR) is 155 cm³/mol. The predicted octanol–water partition coefficient (Wildman–Crippen LogP) is 6.66. The van der Waals surface area contributed by atoms with Gasteiger partial charge in [-0.1, -0.05) is 90.5 Å². The molecule has 7 rings (SSSR count). The van der Waals surface area contributed by atoms with E-state index in [0.29, 0.717) is 33.0 Å². The van der Waals surface area contributed by atoms with Crippen LogP contribution in [-0.4, -0.2) is 36.5 Å². The van der Waals surface area contributed by atoms with E-state index < -0.39 is 23.4 Å². The molecule has 4 aromatic carbocycles. The van der Waals surface area contributed by atoms with Gasteiger partial charge in [-0.25, -0.2) is 0 Å². The maximum atomic E-state index is 14.7. The number of nitrogens with zero attached hydrogens (tertiary/aromatic N) is 1. The molecule has 4 aromatic rings. The third-order valence-corrected chi connectivity index (χ3v) is 8.93. The minimum atomic E-state index is -1.55. The van der Waals surface area contributed by atoms with E-state index >= 15 is 0 Å². The van der Waals surface area contributed by atoms with Crippen molar-refractivity contribution in [2.45, 2.75) is 18.0 Å². The topological polar surface area (TPSA) is 63.7 Å². The molecule has 1 fully saturated rings. The molecule has 3 atom stereocenters. The number of Topliss-reactive ketones (excluding diaryl/α,β-unsaturated/α-hetero) is 3. The minimum Gasteiger partial charge on any atom is -0.497 e. The van der Waals surface area contributed by atoms with E-state index in [1.54, 1.807) is 67.8 Å². The highest BCUT2D eigenvalue weighted by molar-refractivity contribution is 6.35. The Labute approximate surface area is 236 Å². The fourth-order valence-electron chi connectivity index (χ4n) is 6.92. The van der Waals surface area contributed by atoms with Crippen molar-refractivity contribution in [3.8, 4) is 5.75 Å². The Balaban J connectivity index is 1.55. The molecule has 40 heavy (non-hydrogen) atoms. The maximum Gasteiger partial charge on any atom is 0.187 e. The van der Waals surface area contributed by atoms with Crippen LogP contribution >= 0.6 is 11.6 Å². The zero-order chi connectivity index (χ0) is 27.6. The molecule has 196 valence electrons. The van der Waals surface area contributed by atoms with Crippen LogP contribution in [0.4, 0.5) is 5.69 Å². The molecule has 2 heterocycles. The summed E-state index contributed by atoms with van der Waals surface area (Å²) < 4.78 is 5.40. The van der Waals surface area contributed by atoms with Gasteiger partial charge in [-0.3, -0.25) is 14.4 Å². The summed E-state index contributed by atoms with van der Waals surface area (Å²) in [4.78, 5) is 45.9. The summed E-state index contributed by atoms with van der Waals surface area (Å²) in [6.07, 6.45) is 3.87. The van der Waals surface area contributed by atoms with Gasteiger partial charge in [0.15, 0.2) is 17.3 Å². The lowest BCUT2D eigenvalue weighted by Crippen LogP contribution is -2.48. The normalized spacial score (nSPS) is 21.8. The van der Waals surface area contributed by atoms with Crippen molar-refractivity contribution in [1.82, 2.24) is 0 Å². The van der Waals surface area contributed by atoms with E-state index in [1.165, 1.54) is 0 Å². The molecule has 6 heteroatoms. The summed E-state index contributed by atoms with van der Waals surface area (Å²) in [5.74, 6) is -0.921. The lowest BCUT2D eigenvalue weighted by Gasteiger charge is -2.37. The minimum absolute atomic E-state index is 0.241. The molecule has 0 radical (unpaired) electrons. The van der Waals surface area contributed by atoms with Crippen LogP contribution in [0.5, 0.6) is 5.75 Å². The Morgan fingerprint density at radius 2 is 1.45 bits per heavy atom. The first-order valence-electron chi connectivity index (χ1n) is 13.2. The molecular formula is C34H24ClNO4. The van der Waals surface area contributed by atoms with Gasteiger partial charge in [0.25, 0.3) is 0 Å². The second kappa shape index (κ2) is 9.04. The first-order valence-corrected chi connectivity index (χ1v) is 13.5.